The highest BCUT2D eigenvalue weighted by Crippen LogP contribution is 2.43. The molecule has 1 aromatic rings. The van der Waals surface area contributed by atoms with Crippen LogP contribution in [-0.4, -0.2) is 67.7 Å². The Kier molecular flexibility index (Phi) is 7.63. The Morgan fingerprint density at radius 1 is 1.31 bits per heavy atom. The molecule has 3 rings (SSSR count). The number of aliphatic hydroxyl groups is 2. The first kappa shape index (κ1) is 25.1. The molecule has 8 nitrogen and oxygen atoms in total. The van der Waals surface area contributed by atoms with Gasteiger partial charge in [0.1, 0.15) is 18.0 Å². The van der Waals surface area contributed by atoms with E-state index in [2.05, 4.69) is 0 Å². The van der Waals surface area contributed by atoms with Gasteiger partial charge in [-0.05, 0) is 44.0 Å². The number of hydrogen-bond acceptors (Lipinski definition) is 8. The van der Waals surface area contributed by atoms with Gasteiger partial charge in [-0.15, -0.1) is 0 Å². The molecule has 1 saturated heterocycles. The van der Waals surface area contributed by atoms with Gasteiger partial charge < -0.3 is 24.4 Å². The lowest BCUT2D eigenvalue weighted by Crippen LogP contribution is -2.42. The van der Waals surface area contributed by atoms with Crippen LogP contribution in [-0.2, 0) is 28.8 Å². The summed E-state index contributed by atoms with van der Waals surface area (Å²) >= 11 is 6.08. The molecule has 2 N–H and O–H groups in total. The lowest BCUT2D eigenvalue weighted by atomic mass is 9.94. The zero-order valence-corrected chi connectivity index (χ0v) is 19.2. The molecule has 1 aliphatic carbocycles. The minimum Gasteiger partial charge on any atom is -0.463 e. The highest BCUT2D eigenvalue weighted by Gasteiger charge is 2.52. The van der Waals surface area contributed by atoms with Crippen LogP contribution in [0.4, 0.5) is 4.39 Å². The summed E-state index contributed by atoms with van der Waals surface area (Å²) in [6.07, 6.45) is -0.355. The summed E-state index contributed by atoms with van der Waals surface area (Å²) in [5.41, 5.74) is 0.0593. The quantitative estimate of drug-likeness (QED) is 0.555. The number of halogens is 2. The molecule has 0 radical (unpaired) electrons. The third-order valence-electron chi connectivity index (χ3n) is 5.75. The molecule has 1 spiro atoms. The number of rotatable bonds is 7. The van der Waals surface area contributed by atoms with Crippen molar-refractivity contribution in [2.75, 3.05) is 19.8 Å². The number of carbonyl (C=O) groups is 1. The second-order valence-corrected chi connectivity index (χ2v) is 10.6. The molecular weight excluding hydrogens is 467 g/mol. The lowest BCUT2D eigenvalue weighted by molar-refractivity contribution is -0.154. The smallest absolute Gasteiger partial charge is 0.335 e. The Bertz CT molecular complexity index is 984. The summed E-state index contributed by atoms with van der Waals surface area (Å²) in [6, 6.07) is 3.46. The number of sulfone groups is 1. The van der Waals surface area contributed by atoms with Crippen molar-refractivity contribution in [1.82, 2.24) is 0 Å². The van der Waals surface area contributed by atoms with Crippen molar-refractivity contribution in [1.29, 1.82) is 0 Å². The molecule has 1 fully saturated rings. The van der Waals surface area contributed by atoms with E-state index < -0.39 is 63.3 Å². The van der Waals surface area contributed by atoms with Crippen LogP contribution in [0.1, 0.15) is 37.5 Å². The zero-order chi connectivity index (χ0) is 23.7. The third-order valence-corrected chi connectivity index (χ3v) is 8.60. The maximum Gasteiger partial charge on any atom is 0.335 e. The van der Waals surface area contributed by atoms with Crippen molar-refractivity contribution >= 4 is 27.4 Å². The van der Waals surface area contributed by atoms with Gasteiger partial charge in [0, 0.05) is 11.4 Å². The van der Waals surface area contributed by atoms with Crippen molar-refractivity contribution in [3.63, 3.8) is 0 Å². The van der Waals surface area contributed by atoms with Crippen molar-refractivity contribution in [2.45, 2.75) is 55.2 Å². The zero-order valence-electron chi connectivity index (χ0n) is 17.7. The van der Waals surface area contributed by atoms with Gasteiger partial charge in [-0.2, -0.15) is 0 Å². The van der Waals surface area contributed by atoms with Gasteiger partial charge in [-0.3, -0.25) is 0 Å². The molecule has 2 aliphatic rings. The summed E-state index contributed by atoms with van der Waals surface area (Å²) in [5.74, 6) is -2.90. The SMILES string of the molecule is CCOC(=O)C1=CC2(CCC1S(=O)(=O)C(C)c1ccc(F)cc1Cl)O[C@H](CO)[C@@H](CO)O2. The first-order chi connectivity index (χ1) is 15.1. The highest BCUT2D eigenvalue weighted by molar-refractivity contribution is 7.92. The van der Waals surface area contributed by atoms with Crippen LogP contribution < -0.4 is 0 Å². The van der Waals surface area contributed by atoms with Crippen molar-refractivity contribution in [3.05, 3.63) is 46.3 Å². The first-order valence-electron chi connectivity index (χ1n) is 10.2. The van der Waals surface area contributed by atoms with Crippen molar-refractivity contribution in [2.24, 2.45) is 0 Å². The molecule has 1 aromatic carbocycles. The monoisotopic (exact) mass is 492 g/mol. The average Bonchev–Trinajstić information content (AvgIpc) is 3.10. The third kappa shape index (κ3) is 4.71. The van der Waals surface area contributed by atoms with Crippen LogP contribution >= 0.6 is 11.6 Å². The number of hydrogen-bond donors (Lipinski definition) is 2. The van der Waals surface area contributed by atoms with E-state index in [-0.39, 0.29) is 35.6 Å². The molecule has 178 valence electrons. The topological polar surface area (TPSA) is 119 Å². The second-order valence-electron chi connectivity index (χ2n) is 7.73. The maximum atomic E-state index is 13.5. The van der Waals surface area contributed by atoms with E-state index in [1.54, 1.807) is 6.92 Å². The van der Waals surface area contributed by atoms with E-state index in [4.69, 9.17) is 25.8 Å². The summed E-state index contributed by atoms with van der Waals surface area (Å²) in [7, 11) is -4.03. The van der Waals surface area contributed by atoms with Gasteiger partial charge in [0.25, 0.3) is 0 Å². The van der Waals surface area contributed by atoms with Crippen LogP contribution in [0.5, 0.6) is 0 Å². The van der Waals surface area contributed by atoms with Gasteiger partial charge in [-0.25, -0.2) is 17.6 Å². The van der Waals surface area contributed by atoms with Gasteiger partial charge in [0.05, 0.1) is 35.9 Å². The summed E-state index contributed by atoms with van der Waals surface area (Å²) in [6.45, 7) is 2.20. The van der Waals surface area contributed by atoms with Crippen LogP contribution in [0.15, 0.2) is 29.8 Å². The van der Waals surface area contributed by atoms with Gasteiger partial charge in [0.15, 0.2) is 15.6 Å². The molecular formula is C21H26ClFO8S. The Morgan fingerprint density at radius 3 is 2.47 bits per heavy atom. The van der Waals surface area contributed by atoms with E-state index in [1.807, 2.05) is 0 Å². The first-order valence-corrected chi connectivity index (χ1v) is 12.2. The summed E-state index contributed by atoms with van der Waals surface area (Å²) in [5, 5.41) is 16.6. The molecule has 1 aliphatic heterocycles. The van der Waals surface area contributed by atoms with Crippen LogP contribution in [0, 0.1) is 5.82 Å². The predicted molar refractivity (Wildman–Crippen MR) is 113 cm³/mol. The number of carbonyl (C=O) groups excluding carboxylic acids is 1. The number of ether oxygens (including phenoxy) is 3. The van der Waals surface area contributed by atoms with E-state index in [0.717, 1.165) is 12.1 Å². The highest BCUT2D eigenvalue weighted by atomic mass is 35.5. The largest absolute Gasteiger partial charge is 0.463 e. The van der Waals surface area contributed by atoms with Crippen molar-refractivity contribution in [3.8, 4) is 0 Å². The lowest BCUT2D eigenvalue weighted by Gasteiger charge is -2.34. The van der Waals surface area contributed by atoms with Gasteiger partial charge in [-0.1, -0.05) is 17.7 Å². The van der Waals surface area contributed by atoms with E-state index in [9.17, 15) is 27.8 Å². The van der Waals surface area contributed by atoms with E-state index in [1.165, 1.54) is 19.1 Å². The van der Waals surface area contributed by atoms with Crippen LogP contribution in [0.25, 0.3) is 0 Å². The molecule has 0 bridgehead atoms. The maximum absolute atomic E-state index is 13.5. The minimum atomic E-state index is -4.03. The summed E-state index contributed by atoms with van der Waals surface area (Å²) < 4.78 is 57.1. The minimum absolute atomic E-state index is 0.0233. The fourth-order valence-corrected chi connectivity index (χ4v) is 6.49. The van der Waals surface area contributed by atoms with Crippen molar-refractivity contribution < 1.29 is 42.0 Å². The molecule has 11 heteroatoms. The van der Waals surface area contributed by atoms with Crippen LogP contribution in [0.2, 0.25) is 5.02 Å². The van der Waals surface area contributed by atoms with Gasteiger partial charge >= 0.3 is 5.97 Å². The fraction of sp³-hybridized carbons (Fsp3) is 0.571. The molecule has 0 aromatic heterocycles. The van der Waals surface area contributed by atoms with Crippen LogP contribution in [0.3, 0.4) is 0 Å². The number of benzene rings is 1. The van der Waals surface area contributed by atoms with E-state index >= 15 is 0 Å². The Hall–Kier alpha value is -1.56. The number of esters is 1. The summed E-state index contributed by atoms with van der Waals surface area (Å²) in [4.78, 5) is 12.7. The Labute approximate surface area is 190 Å². The van der Waals surface area contributed by atoms with E-state index in [0.29, 0.717) is 0 Å². The molecule has 0 amide bonds. The molecule has 4 atom stereocenters. The molecule has 0 saturated carbocycles. The standard InChI is InChI=1S/C21H26ClFO8S/c1-3-29-20(26)15-9-21(30-17(10-24)18(11-25)31-21)7-6-19(15)32(27,28)12(2)14-5-4-13(23)8-16(14)22/h4-5,8-9,12,17-19,24-25H,3,6-7,10-11H2,1-2H3/t12?,17-,18-,19?/m1/s1. The predicted octanol–water partition coefficient (Wildman–Crippen LogP) is 2.07. The molecule has 1 heterocycles. The average molecular weight is 493 g/mol. The Balaban J connectivity index is 2.01. The molecule has 2 unspecified atom stereocenters. The molecule has 32 heavy (non-hydrogen) atoms. The second kappa shape index (κ2) is 9.74. The Morgan fingerprint density at radius 2 is 1.94 bits per heavy atom. The normalized spacial score (nSPS) is 26.1. The fourth-order valence-electron chi connectivity index (χ4n) is 4.08. The van der Waals surface area contributed by atoms with Gasteiger partial charge in [0.2, 0.25) is 0 Å². The number of aliphatic hydroxyl groups excluding tert-OH is 2.